The standard InChI is InChI=1S/C11H14O2S/c1-14-8-4-7-13-11-6-3-2-5-10(11)9-12/h2-3,5-6,9H,4,7-8H2,1H3. The fourth-order valence-electron chi connectivity index (χ4n) is 1.09. The molecule has 0 amide bonds. The van der Waals surface area contributed by atoms with Gasteiger partial charge in [0.05, 0.1) is 12.2 Å². The molecule has 0 radical (unpaired) electrons. The molecular weight excluding hydrogens is 196 g/mol. The molecule has 0 spiro atoms. The van der Waals surface area contributed by atoms with E-state index in [9.17, 15) is 4.79 Å². The molecule has 0 bridgehead atoms. The van der Waals surface area contributed by atoms with Crippen LogP contribution in [0, 0.1) is 0 Å². The van der Waals surface area contributed by atoms with Gasteiger partial charge in [-0.05, 0) is 30.6 Å². The van der Waals surface area contributed by atoms with Crippen molar-refractivity contribution in [3.63, 3.8) is 0 Å². The van der Waals surface area contributed by atoms with Crippen LogP contribution < -0.4 is 4.74 Å². The summed E-state index contributed by atoms with van der Waals surface area (Å²) in [5.74, 6) is 1.77. The van der Waals surface area contributed by atoms with E-state index in [1.165, 1.54) is 0 Å². The Bertz CT molecular complexity index is 286. The highest BCUT2D eigenvalue weighted by atomic mass is 32.2. The van der Waals surface area contributed by atoms with Crippen LogP contribution in [0.5, 0.6) is 5.75 Å². The average Bonchev–Trinajstić information content (AvgIpc) is 2.25. The van der Waals surface area contributed by atoms with Crippen molar-refractivity contribution < 1.29 is 9.53 Å². The summed E-state index contributed by atoms with van der Waals surface area (Å²) in [4.78, 5) is 10.6. The molecule has 0 aliphatic carbocycles. The molecule has 2 nitrogen and oxygen atoms in total. The summed E-state index contributed by atoms with van der Waals surface area (Å²) in [5.41, 5.74) is 0.622. The number of rotatable bonds is 6. The van der Waals surface area contributed by atoms with Gasteiger partial charge in [-0.1, -0.05) is 12.1 Å². The van der Waals surface area contributed by atoms with E-state index in [1.54, 1.807) is 17.8 Å². The zero-order valence-electron chi connectivity index (χ0n) is 8.23. The van der Waals surface area contributed by atoms with Gasteiger partial charge in [0.15, 0.2) is 6.29 Å². The van der Waals surface area contributed by atoms with Crippen molar-refractivity contribution >= 4 is 18.0 Å². The van der Waals surface area contributed by atoms with Crippen molar-refractivity contribution in [1.82, 2.24) is 0 Å². The van der Waals surface area contributed by atoms with Crippen LogP contribution in [0.15, 0.2) is 24.3 Å². The van der Waals surface area contributed by atoms with Crippen LogP contribution in [0.2, 0.25) is 0 Å². The van der Waals surface area contributed by atoms with Gasteiger partial charge in [-0.3, -0.25) is 4.79 Å². The van der Waals surface area contributed by atoms with Crippen molar-refractivity contribution in [2.45, 2.75) is 6.42 Å². The maximum absolute atomic E-state index is 10.6. The molecule has 0 unspecified atom stereocenters. The topological polar surface area (TPSA) is 26.3 Å². The molecule has 0 N–H and O–H groups in total. The highest BCUT2D eigenvalue weighted by Crippen LogP contribution is 2.15. The van der Waals surface area contributed by atoms with Gasteiger partial charge in [-0.2, -0.15) is 11.8 Å². The zero-order valence-corrected chi connectivity index (χ0v) is 9.05. The minimum absolute atomic E-state index is 0.622. The van der Waals surface area contributed by atoms with Crippen LogP contribution in [-0.2, 0) is 0 Å². The summed E-state index contributed by atoms with van der Waals surface area (Å²) >= 11 is 1.80. The third-order valence-electron chi connectivity index (χ3n) is 1.80. The summed E-state index contributed by atoms with van der Waals surface area (Å²) in [6, 6.07) is 7.29. The Hall–Kier alpha value is -0.960. The lowest BCUT2D eigenvalue weighted by atomic mass is 10.2. The Kier molecular flexibility index (Phi) is 5.15. The lowest BCUT2D eigenvalue weighted by Crippen LogP contribution is -2.00. The fraction of sp³-hybridized carbons (Fsp3) is 0.364. The minimum Gasteiger partial charge on any atom is -0.493 e. The average molecular weight is 210 g/mol. The van der Waals surface area contributed by atoms with Gasteiger partial charge in [0.25, 0.3) is 0 Å². The van der Waals surface area contributed by atoms with Gasteiger partial charge < -0.3 is 4.74 Å². The number of para-hydroxylation sites is 1. The number of benzene rings is 1. The Balaban J connectivity index is 2.45. The second-order valence-corrected chi connectivity index (χ2v) is 3.84. The van der Waals surface area contributed by atoms with Gasteiger partial charge in [0, 0.05) is 0 Å². The van der Waals surface area contributed by atoms with E-state index >= 15 is 0 Å². The molecule has 0 saturated carbocycles. The third kappa shape index (κ3) is 3.42. The number of aldehydes is 1. The van der Waals surface area contributed by atoms with Crippen molar-refractivity contribution in [3.05, 3.63) is 29.8 Å². The molecule has 0 fully saturated rings. The zero-order chi connectivity index (χ0) is 10.2. The van der Waals surface area contributed by atoms with E-state index in [4.69, 9.17) is 4.74 Å². The van der Waals surface area contributed by atoms with E-state index in [-0.39, 0.29) is 0 Å². The third-order valence-corrected chi connectivity index (χ3v) is 2.49. The fourth-order valence-corrected chi connectivity index (χ4v) is 1.50. The molecule has 1 aromatic rings. The molecule has 0 saturated heterocycles. The van der Waals surface area contributed by atoms with Crippen LogP contribution in [0.3, 0.4) is 0 Å². The number of carbonyl (C=O) groups is 1. The first kappa shape index (κ1) is 11.1. The van der Waals surface area contributed by atoms with E-state index in [0.717, 1.165) is 18.5 Å². The highest BCUT2D eigenvalue weighted by molar-refractivity contribution is 7.98. The maximum atomic E-state index is 10.6. The van der Waals surface area contributed by atoms with Crippen LogP contribution >= 0.6 is 11.8 Å². The summed E-state index contributed by atoms with van der Waals surface area (Å²) in [6.45, 7) is 0.672. The Morgan fingerprint density at radius 2 is 2.21 bits per heavy atom. The molecule has 3 heteroatoms. The largest absolute Gasteiger partial charge is 0.493 e. The molecule has 0 aromatic heterocycles. The molecule has 0 aliphatic heterocycles. The van der Waals surface area contributed by atoms with Crippen LogP contribution in [0.4, 0.5) is 0 Å². The van der Waals surface area contributed by atoms with E-state index in [0.29, 0.717) is 17.9 Å². The molecule has 0 heterocycles. The van der Waals surface area contributed by atoms with Gasteiger partial charge in [0.2, 0.25) is 0 Å². The highest BCUT2D eigenvalue weighted by Gasteiger charge is 1.99. The smallest absolute Gasteiger partial charge is 0.153 e. The summed E-state index contributed by atoms with van der Waals surface area (Å²) < 4.78 is 5.49. The molecular formula is C11H14O2S. The van der Waals surface area contributed by atoms with Crippen molar-refractivity contribution in [1.29, 1.82) is 0 Å². The van der Waals surface area contributed by atoms with Gasteiger partial charge >= 0.3 is 0 Å². The van der Waals surface area contributed by atoms with E-state index in [1.807, 2.05) is 18.2 Å². The number of ether oxygens (including phenoxy) is 1. The van der Waals surface area contributed by atoms with Crippen LogP contribution in [0.1, 0.15) is 16.8 Å². The van der Waals surface area contributed by atoms with Gasteiger partial charge in [-0.25, -0.2) is 0 Å². The van der Waals surface area contributed by atoms with Crippen molar-refractivity contribution in [3.8, 4) is 5.75 Å². The maximum Gasteiger partial charge on any atom is 0.153 e. The molecule has 0 aliphatic rings. The predicted molar refractivity (Wildman–Crippen MR) is 60.3 cm³/mol. The van der Waals surface area contributed by atoms with E-state index in [2.05, 4.69) is 6.26 Å². The van der Waals surface area contributed by atoms with Crippen LogP contribution in [-0.4, -0.2) is 24.9 Å². The first-order valence-corrected chi connectivity index (χ1v) is 5.94. The molecule has 0 atom stereocenters. The number of thioether (sulfide) groups is 1. The lowest BCUT2D eigenvalue weighted by molar-refractivity contribution is 0.111. The van der Waals surface area contributed by atoms with Crippen molar-refractivity contribution in [2.75, 3.05) is 18.6 Å². The first-order valence-electron chi connectivity index (χ1n) is 4.54. The van der Waals surface area contributed by atoms with Gasteiger partial charge in [0.1, 0.15) is 5.75 Å². The lowest BCUT2D eigenvalue weighted by Gasteiger charge is -2.06. The summed E-state index contributed by atoms with van der Waals surface area (Å²) in [7, 11) is 0. The second-order valence-electron chi connectivity index (χ2n) is 2.85. The quantitative estimate of drug-likeness (QED) is 0.533. The number of carbonyl (C=O) groups excluding carboxylic acids is 1. The Labute approximate surface area is 88.7 Å². The Morgan fingerprint density at radius 1 is 1.43 bits per heavy atom. The summed E-state index contributed by atoms with van der Waals surface area (Å²) in [5, 5.41) is 0. The number of hydrogen-bond donors (Lipinski definition) is 0. The normalized spacial score (nSPS) is 9.79. The predicted octanol–water partition coefficient (Wildman–Crippen LogP) is 2.63. The van der Waals surface area contributed by atoms with Crippen LogP contribution in [0.25, 0.3) is 0 Å². The number of hydrogen-bond acceptors (Lipinski definition) is 3. The minimum atomic E-state index is 0.622. The molecule has 1 rings (SSSR count). The second kappa shape index (κ2) is 6.49. The first-order chi connectivity index (χ1) is 6.88. The van der Waals surface area contributed by atoms with E-state index < -0.39 is 0 Å². The Morgan fingerprint density at radius 3 is 2.93 bits per heavy atom. The summed E-state index contributed by atoms with van der Waals surface area (Å²) in [6.07, 6.45) is 3.90. The SMILES string of the molecule is CSCCCOc1ccccc1C=O. The molecule has 14 heavy (non-hydrogen) atoms. The molecule has 76 valence electrons. The van der Waals surface area contributed by atoms with Crippen molar-refractivity contribution in [2.24, 2.45) is 0 Å². The molecule has 1 aromatic carbocycles. The van der Waals surface area contributed by atoms with Gasteiger partial charge in [-0.15, -0.1) is 0 Å². The monoisotopic (exact) mass is 210 g/mol.